The SMILES string of the molecule is CN(CC1CCCN1)C(=O)c1ccc([N+](=O)[O-])cc1. The van der Waals surface area contributed by atoms with Crippen LogP contribution >= 0.6 is 0 Å². The van der Waals surface area contributed by atoms with Crippen LogP contribution in [0.2, 0.25) is 0 Å². The number of hydrogen-bond donors (Lipinski definition) is 1. The van der Waals surface area contributed by atoms with Crippen molar-refractivity contribution in [2.24, 2.45) is 0 Å². The van der Waals surface area contributed by atoms with Gasteiger partial charge in [0.2, 0.25) is 0 Å². The Bertz CT molecular complexity index is 467. The molecule has 1 aromatic rings. The first-order valence-corrected chi connectivity index (χ1v) is 6.31. The monoisotopic (exact) mass is 263 g/mol. The summed E-state index contributed by atoms with van der Waals surface area (Å²) in [7, 11) is 1.75. The van der Waals surface area contributed by atoms with Crippen LogP contribution in [0.5, 0.6) is 0 Å². The molecule has 1 heterocycles. The molecule has 2 rings (SSSR count). The zero-order chi connectivity index (χ0) is 13.8. The van der Waals surface area contributed by atoms with Crippen LogP contribution in [-0.4, -0.2) is 41.9 Å². The first kappa shape index (κ1) is 13.5. The van der Waals surface area contributed by atoms with E-state index in [0.29, 0.717) is 18.2 Å². The van der Waals surface area contributed by atoms with Gasteiger partial charge in [-0.2, -0.15) is 0 Å². The standard InChI is InChI=1S/C13H17N3O3/c1-15(9-11-3-2-8-14-11)13(17)10-4-6-12(7-5-10)16(18)19/h4-7,11,14H,2-3,8-9H2,1H3. The summed E-state index contributed by atoms with van der Waals surface area (Å²) in [6.07, 6.45) is 2.22. The van der Waals surface area contributed by atoms with Crippen LogP contribution in [0.3, 0.4) is 0 Å². The number of carbonyl (C=O) groups is 1. The van der Waals surface area contributed by atoms with Crippen molar-refractivity contribution in [3.8, 4) is 0 Å². The fourth-order valence-electron chi connectivity index (χ4n) is 2.27. The van der Waals surface area contributed by atoms with Crippen molar-refractivity contribution in [2.45, 2.75) is 18.9 Å². The molecule has 1 aromatic carbocycles. The number of hydrogen-bond acceptors (Lipinski definition) is 4. The Morgan fingerprint density at radius 2 is 2.16 bits per heavy atom. The van der Waals surface area contributed by atoms with Gasteiger partial charge >= 0.3 is 0 Å². The normalized spacial score (nSPS) is 18.3. The number of nitro groups is 1. The molecule has 1 aliphatic rings. The molecule has 1 saturated heterocycles. The van der Waals surface area contributed by atoms with Gasteiger partial charge in [-0.25, -0.2) is 0 Å². The van der Waals surface area contributed by atoms with Gasteiger partial charge in [-0.3, -0.25) is 14.9 Å². The topological polar surface area (TPSA) is 75.5 Å². The smallest absolute Gasteiger partial charge is 0.269 e. The van der Waals surface area contributed by atoms with Gasteiger partial charge in [-0.15, -0.1) is 0 Å². The second-order valence-corrected chi connectivity index (χ2v) is 4.78. The molecule has 0 bridgehead atoms. The predicted molar refractivity (Wildman–Crippen MR) is 71.1 cm³/mol. The molecule has 102 valence electrons. The molecule has 1 atom stereocenters. The number of rotatable bonds is 4. The number of nitrogens with one attached hydrogen (secondary N) is 1. The molecule has 0 saturated carbocycles. The minimum atomic E-state index is -0.472. The molecule has 6 heteroatoms. The summed E-state index contributed by atoms with van der Waals surface area (Å²) in [4.78, 5) is 23.9. The van der Waals surface area contributed by atoms with Crippen LogP contribution in [0.1, 0.15) is 23.2 Å². The van der Waals surface area contributed by atoms with E-state index in [2.05, 4.69) is 5.32 Å². The molecule has 0 radical (unpaired) electrons. The fourth-order valence-corrected chi connectivity index (χ4v) is 2.27. The van der Waals surface area contributed by atoms with Crippen molar-refractivity contribution in [1.82, 2.24) is 10.2 Å². The first-order valence-electron chi connectivity index (χ1n) is 6.31. The Morgan fingerprint density at radius 3 is 2.68 bits per heavy atom. The third-order valence-corrected chi connectivity index (χ3v) is 3.33. The minimum absolute atomic E-state index is 0.00309. The van der Waals surface area contributed by atoms with E-state index < -0.39 is 4.92 Å². The van der Waals surface area contributed by atoms with Gasteiger partial charge in [-0.05, 0) is 31.5 Å². The van der Waals surface area contributed by atoms with Crippen LogP contribution in [0.15, 0.2) is 24.3 Å². The molecule has 0 spiro atoms. The Hall–Kier alpha value is -1.95. The summed E-state index contributed by atoms with van der Waals surface area (Å²) in [6.45, 7) is 1.67. The molecule has 1 amide bonds. The zero-order valence-corrected chi connectivity index (χ0v) is 10.8. The molecule has 1 N–H and O–H groups in total. The molecule has 1 unspecified atom stereocenters. The number of nitro benzene ring substituents is 1. The molecule has 0 aromatic heterocycles. The van der Waals surface area contributed by atoms with Crippen molar-refractivity contribution in [3.63, 3.8) is 0 Å². The Balaban J connectivity index is 1.99. The molecular formula is C13H17N3O3. The van der Waals surface area contributed by atoms with E-state index in [4.69, 9.17) is 0 Å². The van der Waals surface area contributed by atoms with Gasteiger partial charge in [0.05, 0.1) is 4.92 Å². The summed E-state index contributed by atoms with van der Waals surface area (Å²) >= 11 is 0. The van der Waals surface area contributed by atoms with Crippen molar-refractivity contribution in [1.29, 1.82) is 0 Å². The van der Waals surface area contributed by atoms with Crippen LogP contribution in [0.4, 0.5) is 5.69 Å². The summed E-state index contributed by atoms with van der Waals surface area (Å²) in [5.41, 5.74) is 0.475. The average molecular weight is 263 g/mol. The molecule has 6 nitrogen and oxygen atoms in total. The maximum absolute atomic E-state index is 12.1. The summed E-state index contributed by atoms with van der Waals surface area (Å²) in [5, 5.41) is 13.9. The number of benzene rings is 1. The number of amides is 1. The molecule has 0 aliphatic carbocycles. The van der Waals surface area contributed by atoms with E-state index in [9.17, 15) is 14.9 Å². The van der Waals surface area contributed by atoms with E-state index in [0.717, 1.165) is 19.4 Å². The second-order valence-electron chi connectivity index (χ2n) is 4.78. The van der Waals surface area contributed by atoms with Crippen molar-refractivity contribution < 1.29 is 9.72 Å². The van der Waals surface area contributed by atoms with Gasteiger partial charge in [0.1, 0.15) is 0 Å². The minimum Gasteiger partial charge on any atom is -0.340 e. The highest BCUT2D eigenvalue weighted by Gasteiger charge is 2.20. The largest absolute Gasteiger partial charge is 0.340 e. The van der Waals surface area contributed by atoms with Gasteiger partial charge in [-0.1, -0.05) is 0 Å². The van der Waals surface area contributed by atoms with E-state index in [1.165, 1.54) is 24.3 Å². The molecular weight excluding hydrogens is 246 g/mol. The molecule has 1 fully saturated rings. The quantitative estimate of drug-likeness (QED) is 0.658. The van der Waals surface area contributed by atoms with Crippen molar-refractivity contribution >= 4 is 11.6 Å². The van der Waals surface area contributed by atoms with Gasteiger partial charge in [0, 0.05) is 37.3 Å². The second kappa shape index (κ2) is 5.79. The molecule has 19 heavy (non-hydrogen) atoms. The third kappa shape index (κ3) is 3.29. The van der Waals surface area contributed by atoms with Gasteiger partial charge in [0.15, 0.2) is 0 Å². The van der Waals surface area contributed by atoms with Gasteiger partial charge < -0.3 is 10.2 Å². The van der Waals surface area contributed by atoms with Gasteiger partial charge in [0.25, 0.3) is 11.6 Å². The fraction of sp³-hybridized carbons (Fsp3) is 0.462. The summed E-state index contributed by atoms with van der Waals surface area (Å²) in [5.74, 6) is -0.108. The van der Waals surface area contributed by atoms with Crippen LogP contribution in [0, 0.1) is 10.1 Å². The number of likely N-dealkylation sites (N-methyl/N-ethyl adjacent to an activating group) is 1. The maximum atomic E-state index is 12.1. The van der Waals surface area contributed by atoms with E-state index >= 15 is 0 Å². The first-order chi connectivity index (χ1) is 9.08. The maximum Gasteiger partial charge on any atom is 0.269 e. The Labute approximate surface area is 111 Å². The average Bonchev–Trinajstić information content (AvgIpc) is 2.90. The van der Waals surface area contributed by atoms with Crippen LogP contribution < -0.4 is 5.32 Å². The highest BCUT2D eigenvalue weighted by molar-refractivity contribution is 5.94. The Morgan fingerprint density at radius 1 is 1.47 bits per heavy atom. The number of carbonyl (C=O) groups excluding carboxylic acids is 1. The number of nitrogens with zero attached hydrogens (tertiary/aromatic N) is 2. The summed E-state index contributed by atoms with van der Waals surface area (Å²) in [6, 6.07) is 6.06. The van der Waals surface area contributed by atoms with Crippen molar-refractivity contribution in [2.75, 3.05) is 20.1 Å². The van der Waals surface area contributed by atoms with Crippen LogP contribution in [0.25, 0.3) is 0 Å². The lowest BCUT2D eigenvalue weighted by Crippen LogP contribution is -2.38. The highest BCUT2D eigenvalue weighted by atomic mass is 16.6. The number of non-ortho nitro benzene ring substituents is 1. The van der Waals surface area contributed by atoms with E-state index in [-0.39, 0.29) is 11.6 Å². The highest BCUT2D eigenvalue weighted by Crippen LogP contribution is 2.14. The third-order valence-electron chi connectivity index (χ3n) is 3.33. The Kier molecular flexibility index (Phi) is 4.11. The lowest BCUT2D eigenvalue weighted by molar-refractivity contribution is -0.384. The lowest BCUT2D eigenvalue weighted by Gasteiger charge is -2.21. The van der Waals surface area contributed by atoms with Crippen molar-refractivity contribution in [3.05, 3.63) is 39.9 Å². The zero-order valence-electron chi connectivity index (χ0n) is 10.8. The van der Waals surface area contributed by atoms with E-state index in [1.54, 1.807) is 11.9 Å². The predicted octanol–water partition coefficient (Wildman–Crippen LogP) is 1.42. The van der Waals surface area contributed by atoms with Crippen LogP contribution in [-0.2, 0) is 0 Å². The summed E-state index contributed by atoms with van der Waals surface area (Å²) < 4.78 is 0. The van der Waals surface area contributed by atoms with E-state index in [1.807, 2.05) is 0 Å². The molecule has 1 aliphatic heterocycles. The lowest BCUT2D eigenvalue weighted by atomic mass is 10.1.